The number of hydrogen-bond donors (Lipinski definition) is 8. The van der Waals surface area contributed by atoms with Crippen molar-refractivity contribution in [3.05, 3.63) is 0 Å². The monoisotopic (exact) mass is 392 g/mol. The smallest absolute Gasteiger partial charge is 0.326 e. The van der Waals surface area contributed by atoms with Crippen LogP contribution >= 0.6 is 0 Å². The summed E-state index contributed by atoms with van der Waals surface area (Å²) in [5.41, 5.74) is 5.36. The molecule has 0 aliphatic rings. The zero-order valence-corrected chi connectivity index (χ0v) is 14.5. The fraction of sp³-hybridized carbons (Fsp3) is 0.643. The Morgan fingerprint density at radius 1 is 1.00 bits per heavy atom. The number of carboxylic acids is 2. The lowest BCUT2D eigenvalue weighted by Gasteiger charge is -2.20. The zero-order chi connectivity index (χ0) is 21.1. The Bertz CT molecular complexity index is 567. The van der Waals surface area contributed by atoms with Crippen molar-refractivity contribution in [1.82, 2.24) is 16.0 Å². The van der Waals surface area contributed by atoms with E-state index in [0.29, 0.717) is 0 Å². The molecule has 0 aliphatic carbocycles. The summed E-state index contributed by atoms with van der Waals surface area (Å²) in [6.07, 6.45) is -2.05. The van der Waals surface area contributed by atoms with Gasteiger partial charge in [-0.15, -0.1) is 0 Å². The van der Waals surface area contributed by atoms with E-state index in [-0.39, 0.29) is 0 Å². The molecule has 154 valence electrons. The van der Waals surface area contributed by atoms with E-state index in [4.69, 9.17) is 21.1 Å². The van der Waals surface area contributed by atoms with Crippen molar-refractivity contribution in [3.8, 4) is 0 Å². The van der Waals surface area contributed by atoms with Crippen LogP contribution in [0.2, 0.25) is 0 Å². The van der Waals surface area contributed by atoms with Crippen LogP contribution in [0.15, 0.2) is 0 Å². The van der Waals surface area contributed by atoms with Gasteiger partial charge in [0.2, 0.25) is 17.7 Å². The fourth-order valence-electron chi connectivity index (χ4n) is 1.74. The van der Waals surface area contributed by atoms with Crippen LogP contribution < -0.4 is 21.7 Å². The van der Waals surface area contributed by atoms with Gasteiger partial charge in [0.1, 0.15) is 18.1 Å². The van der Waals surface area contributed by atoms with Crippen LogP contribution in [-0.2, 0) is 24.0 Å². The average molecular weight is 392 g/mol. The van der Waals surface area contributed by atoms with Gasteiger partial charge in [-0.05, 0) is 13.3 Å². The number of nitrogens with one attached hydrogen (secondary N) is 3. The maximum Gasteiger partial charge on any atom is 0.326 e. The van der Waals surface area contributed by atoms with Crippen molar-refractivity contribution in [2.24, 2.45) is 5.73 Å². The molecule has 0 heterocycles. The van der Waals surface area contributed by atoms with Crippen molar-refractivity contribution >= 4 is 29.7 Å². The summed E-state index contributed by atoms with van der Waals surface area (Å²) in [5.74, 6) is -5.48. The number of aliphatic carboxylic acids is 2. The van der Waals surface area contributed by atoms with Gasteiger partial charge < -0.3 is 42.1 Å². The first-order valence-corrected chi connectivity index (χ1v) is 7.86. The molecule has 4 atom stereocenters. The first-order chi connectivity index (χ1) is 12.5. The zero-order valence-electron chi connectivity index (χ0n) is 14.5. The highest BCUT2D eigenvalue weighted by Crippen LogP contribution is 1.99. The van der Waals surface area contributed by atoms with Gasteiger partial charge in [-0.25, -0.2) is 4.79 Å². The topological polar surface area (TPSA) is 228 Å². The highest BCUT2D eigenvalue weighted by molar-refractivity contribution is 5.92. The Morgan fingerprint density at radius 3 is 2.04 bits per heavy atom. The molecule has 0 radical (unpaired) electrons. The SMILES string of the molecule is CC(O)C(N)C(=O)NCC(=O)NC(CO)C(=O)NC(CCC(=O)O)C(=O)O. The van der Waals surface area contributed by atoms with E-state index in [1.807, 2.05) is 5.32 Å². The number of nitrogens with two attached hydrogens (primary N) is 1. The minimum absolute atomic E-state index is 0.393. The number of rotatable bonds is 12. The maximum atomic E-state index is 12.0. The minimum atomic E-state index is -1.52. The van der Waals surface area contributed by atoms with Crippen LogP contribution in [-0.4, -0.2) is 87.5 Å². The second-order valence-corrected chi connectivity index (χ2v) is 5.62. The molecule has 4 unspecified atom stereocenters. The van der Waals surface area contributed by atoms with Gasteiger partial charge in [-0.3, -0.25) is 19.2 Å². The summed E-state index contributed by atoms with van der Waals surface area (Å²) in [5, 5.41) is 42.1. The third-order valence-corrected chi connectivity index (χ3v) is 3.34. The Labute approximate surface area is 153 Å². The highest BCUT2D eigenvalue weighted by atomic mass is 16.4. The van der Waals surface area contributed by atoms with Gasteiger partial charge in [0, 0.05) is 6.42 Å². The predicted octanol–water partition coefficient (Wildman–Crippen LogP) is -4.28. The Kier molecular flexibility index (Phi) is 10.6. The van der Waals surface area contributed by atoms with Crippen molar-refractivity contribution in [2.75, 3.05) is 13.2 Å². The van der Waals surface area contributed by atoms with Gasteiger partial charge in [0.15, 0.2) is 0 Å². The largest absolute Gasteiger partial charge is 0.481 e. The number of hydrogen-bond acceptors (Lipinski definition) is 8. The Balaban J connectivity index is 4.65. The van der Waals surface area contributed by atoms with Crippen LogP contribution in [0.1, 0.15) is 19.8 Å². The Hall–Kier alpha value is -2.77. The number of carbonyl (C=O) groups is 5. The van der Waals surface area contributed by atoms with E-state index < -0.39 is 79.9 Å². The molecule has 3 amide bonds. The van der Waals surface area contributed by atoms with Gasteiger partial charge >= 0.3 is 11.9 Å². The molecule has 0 spiro atoms. The quantitative estimate of drug-likeness (QED) is 0.159. The number of carboxylic acid groups (broad SMARTS) is 2. The molecule has 0 saturated heterocycles. The summed E-state index contributed by atoms with van der Waals surface area (Å²) in [7, 11) is 0. The lowest BCUT2D eigenvalue weighted by atomic mass is 10.1. The molecule has 13 heteroatoms. The van der Waals surface area contributed by atoms with E-state index >= 15 is 0 Å². The van der Waals surface area contributed by atoms with Crippen molar-refractivity contribution in [1.29, 1.82) is 0 Å². The van der Waals surface area contributed by atoms with E-state index in [0.717, 1.165) is 0 Å². The first-order valence-electron chi connectivity index (χ1n) is 7.86. The van der Waals surface area contributed by atoms with Gasteiger partial charge in [0.25, 0.3) is 0 Å². The molecule has 0 aromatic carbocycles. The molecule has 0 rings (SSSR count). The summed E-state index contributed by atoms with van der Waals surface area (Å²) in [4.78, 5) is 56.8. The molecular formula is C14H24N4O9. The molecule has 0 fully saturated rings. The van der Waals surface area contributed by atoms with Crippen LogP contribution in [0.5, 0.6) is 0 Å². The van der Waals surface area contributed by atoms with E-state index in [9.17, 15) is 29.1 Å². The number of amides is 3. The van der Waals surface area contributed by atoms with Gasteiger partial charge in [-0.1, -0.05) is 0 Å². The molecule has 0 saturated carbocycles. The first kappa shape index (κ1) is 24.2. The molecule has 0 aromatic heterocycles. The standard InChI is InChI=1S/C14H24N4O9/c1-6(20)11(15)13(25)16-4-9(21)17-8(5-19)12(24)18-7(14(26)27)2-3-10(22)23/h6-8,11,19-20H,2-5,15H2,1H3,(H,16,25)(H,17,21)(H,18,24)(H,22,23)(H,26,27). The second kappa shape index (κ2) is 11.8. The van der Waals surface area contributed by atoms with Crippen molar-refractivity contribution < 1.29 is 44.4 Å². The van der Waals surface area contributed by atoms with Gasteiger partial charge in [-0.2, -0.15) is 0 Å². The summed E-state index contributed by atoms with van der Waals surface area (Å²) in [6, 6.07) is -4.31. The van der Waals surface area contributed by atoms with Crippen LogP contribution in [0.4, 0.5) is 0 Å². The maximum absolute atomic E-state index is 12.0. The van der Waals surface area contributed by atoms with E-state index in [2.05, 4.69) is 10.6 Å². The predicted molar refractivity (Wildman–Crippen MR) is 88.1 cm³/mol. The molecule has 13 nitrogen and oxygen atoms in total. The minimum Gasteiger partial charge on any atom is -0.481 e. The fourth-order valence-corrected chi connectivity index (χ4v) is 1.74. The second-order valence-electron chi connectivity index (χ2n) is 5.62. The molecule has 27 heavy (non-hydrogen) atoms. The number of carbonyl (C=O) groups excluding carboxylic acids is 3. The Morgan fingerprint density at radius 2 is 1.59 bits per heavy atom. The molecule has 0 aliphatic heterocycles. The molecular weight excluding hydrogens is 368 g/mol. The average Bonchev–Trinajstić information content (AvgIpc) is 2.59. The molecule has 0 aromatic rings. The van der Waals surface area contributed by atoms with Crippen LogP contribution in [0.3, 0.4) is 0 Å². The lowest BCUT2D eigenvalue weighted by molar-refractivity contribution is -0.143. The lowest BCUT2D eigenvalue weighted by Crippen LogP contribution is -2.55. The third kappa shape index (κ3) is 9.48. The van der Waals surface area contributed by atoms with Crippen molar-refractivity contribution in [3.63, 3.8) is 0 Å². The molecule has 0 bridgehead atoms. The van der Waals surface area contributed by atoms with Crippen molar-refractivity contribution in [2.45, 2.75) is 44.0 Å². The highest BCUT2D eigenvalue weighted by Gasteiger charge is 2.27. The van der Waals surface area contributed by atoms with Crippen LogP contribution in [0.25, 0.3) is 0 Å². The third-order valence-electron chi connectivity index (χ3n) is 3.34. The summed E-state index contributed by atoms with van der Waals surface area (Å²) in [6.45, 7) is -0.200. The normalized spacial score (nSPS) is 15.0. The van der Waals surface area contributed by atoms with Gasteiger partial charge in [0.05, 0.1) is 19.3 Å². The van der Waals surface area contributed by atoms with Crippen LogP contribution in [0, 0.1) is 0 Å². The number of aliphatic hydroxyl groups excluding tert-OH is 2. The summed E-state index contributed by atoms with van der Waals surface area (Å²) >= 11 is 0. The number of aliphatic hydroxyl groups is 2. The van der Waals surface area contributed by atoms with E-state index in [1.165, 1.54) is 6.92 Å². The van der Waals surface area contributed by atoms with E-state index in [1.54, 1.807) is 0 Å². The molecule has 9 N–H and O–H groups in total. The summed E-state index contributed by atoms with van der Waals surface area (Å²) < 4.78 is 0.